The molecule has 4 rings (SSSR count). The number of halogens is 1. The fraction of sp³-hybridized carbons (Fsp3) is 0.381. The Labute approximate surface area is 173 Å². The zero-order chi connectivity index (χ0) is 20.5. The molecular formula is C21H23ClN4O3. The summed E-state index contributed by atoms with van der Waals surface area (Å²) in [5.74, 6) is -0.930. The highest BCUT2D eigenvalue weighted by Crippen LogP contribution is 2.37. The molecule has 1 aromatic heterocycles. The number of imide groups is 1. The third kappa shape index (κ3) is 3.74. The van der Waals surface area contributed by atoms with Crippen LogP contribution in [0.1, 0.15) is 24.3 Å². The van der Waals surface area contributed by atoms with E-state index in [1.54, 1.807) is 17.8 Å². The minimum absolute atomic E-state index is 0.00108. The predicted octanol–water partition coefficient (Wildman–Crippen LogP) is 1.89. The normalized spacial score (nSPS) is 20.0. The molecule has 1 atom stereocenters. The highest BCUT2D eigenvalue weighted by atomic mass is 35.5. The van der Waals surface area contributed by atoms with E-state index in [1.807, 2.05) is 30.3 Å². The number of aryl methyl sites for hydroxylation is 1. The van der Waals surface area contributed by atoms with Gasteiger partial charge in [-0.25, -0.2) is 0 Å². The molecule has 2 saturated heterocycles. The lowest BCUT2D eigenvalue weighted by Crippen LogP contribution is -2.48. The summed E-state index contributed by atoms with van der Waals surface area (Å²) in [4.78, 5) is 40.4. The average molecular weight is 415 g/mol. The van der Waals surface area contributed by atoms with Crippen LogP contribution >= 0.6 is 11.6 Å². The molecule has 0 aliphatic carbocycles. The van der Waals surface area contributed by atoms with Crippen LogP contribution in [-0.4, -0.2) is 42.6 Å². The van der Waals surface area contributed by atoms with Crippen molar-refractivity contribution in [2.45, 2.75) is 18.8 Å². The lowest BCUT2D eigenvalue weighted by atomic mass is 9.90. The number of nitrogens with one attached hydrogen (secondary N) is 1. The Kier molecular flexibility index (Phi) is 5.32. The highest BCUT2D eigenvalue weighted by Gasteiger charge is 2.31. The minimum Gasteiger partial charge on any atom is -0.367 e. The van der Waals surface area contributed by atoms with Gasteiger partial charge in [-0.2, -0.15) is 0 Å². The fourth-order valence-corrected chi connectivity index (χ4v) is 4.43. The molecule has 8 heteroatoms. The van der Waals surface area contributed by atoms with E-state index >= 15 is 0 Å². The van der Waals surface area contributed by atoms with Crippen molar-refractivity contribution in [1.82, 2.24) is 9.88 Å². The molecule has 2 amide bonds. The highest BCUT2D eigenvalue weighted by molar-refractivity contribution is 6.34. The number of anilines is 2. The standard InChI is InChI=1S/C21H23ClN4O3/c1-24-9-3-6-17(21(24)29)26-12-10-25(11-13-26)16-5-2-4-14(19(16)22)15-7-8-18(27)23-20(15)28/h2-6,9,15H,7-8,10-13H2,1H3,(H,23,27,28). The molecule has 3 heterocycles. The van der Waals surface area contributed by atoms with E-state index in [0.717, 1.165) is 24.3 Å². The maximum absolute atomic E-state index is 12.4. The molecule has 1 aromatic carbocycles. The third-order valence-corrected chi connectivity index (χ3v) is 6.10. The number of aromatic nitrogens is 1. The Balaban J connectivity index is 1.52. The first-order chi connectivity index (χ1) is 14.0. The van der Waals surface area contributed by atoms with Crippen LogP contribution in [0, 0.1) is 0 Å². The fourth-order valence-electron chi connectivity index (χ4n) is 4.05. The molecule has 2 aliphatic rings. The van der Waals surface area contributed by atoms with Crippen molar-refractivity contribution in [3.63, 3.8) is 0 Å². The SMILES string of the molecule is Cn1cccc(N2CCN(c3cccc(C4CCC(=O)NC4=O)c3Cl)CC2)c1=O. The molecule has 152 valence electrons. The summed E-state index contributed by atoms with van der Waals surface area (Å²) >= 11 is 6.70. The monoisotopic (exact) mass is 414 g/mol. The van der Waals surface area contributed by atoms with Crippen LogP contribution in [-0.2, 0) is 16.6 Å². The number of benzene rings is 1. The molecule has 2 aliphatic heterocycles. The van der Waals surface area contributed by atoms with Gasteiger partial charge < -0.3 is 14.4 Å². The molecule has 0 spiro atoms. The van der Waals surface area contributed by atoms with Crippen LogP contribution in [0.25, 0.3) is 0 Å². The number of amides is 2. The Bertz CT molecular complexity index is 1010. The number of carbonyl (C=O) groups is 2. The van der Waals surface area contributed by atoms with E-state index in [9.17, 15) is 14.4 Å². The molecule has 0 bridgehead atoms. The van der Waals surface area contributed by atoms with E-state index in [1.165, 1.54) is 0 Å². The zero-order valence-corrected chi connectivity index (χ0v) is 17.0. The maximum atomic E-state index is 12.4. The molecule has 29 heavy (non-hydrogen) atoms. The Morgan fingerprint density at radius 1 is 0.966 bits per heavy atom. The summed E-state index contributed by atoms with van der Waals surface area (Å²) in [5, 5.41) is 2.96. The van der Waals surface area contributed by atoms with E-state index < -0.39 is 5.92 Å². The summed E-state index contributed by atoms with van der Waals surface area (Å²) in [7, 11) is 1.75. The van der Waals surface area contributed by atoms with Crippen molar-refractivity contribution >= 4 is 34.8 Å². The van der Waals surface area contributed by atoms with E-state index in [4.69, 9.17) is 11.6 Å². The zero-order valence-electron chi connectivity index (χ0n) is 16.2. The van der Waals surface area contributed by atoms with E-state index in [0.29, 0.717) is 36.6 Å². The van der Waals surface area contributed by atoms with Gasteiger partial charge in [-0.3, -0.25) is 19.7 Å². The molecule has 0 saturated carbocycles. The number of rotatable bonds is 3. The molecule has 2 aromatic rings. The van der Waals surface area contributed by atoms with Crippen LogP contribution in [0.5, 0.6) is 0 Å². The number of hydrogen-bond acceptors (Lipinski definition) is 5. The lowest BCUT2D eigenvalue weighted by Gasteiger charge is -2.37. The van der Waals surface area contributed by atoms with Gasteiger partial charge >= 0.3 is 0 Å². The van der Waals surface area contributed by atoms with Gasteiger partial charge in [0.05, 0.1) is 16.6 Å². The predicted molar refractivity (Wildman–Crippen MR) is 113 cm³/mol. The van der Waals surface area contributed by atoms with Crippen molar-refractivity contribution in [2.24, 2.45) is 7.05 Å². The Morgan fingerprint density at radius 2 is 1.62 bits per heavy atom. The molecule has 1 unspecified atom stereocenters. The summed E-state index contributed by atoms with van der Waals surface area (Å²) in [6.07, 6.45) is 2.54. The first-order valence-corrected chi connectivity index (χ1v) is 10.1. The van der Waals surface area contributed by atoms with Gasteiger partial charge in [0.15, 0.2) is 0 Å². The van der Waals surface area contributed by atoms with Gasteiger partial charge in [-0.15, -0.1) is 0 Å². The van der Waals surface area contributed by atoms with Crippen LogP contribution in [0.15, 0.2) is 41.3 Å². The van der Waals surface area contributed by atoms with Crippen molar-refractivity contribution in [3.8, 4) is 0 Å². The lowest BCUT2D eigenvalue weighted by molar-refractivity contribution is -0.134. The van der Waals surface area contributed by atoms with Crippen molar-refractivity contribution in [1.29, 1.82) is 0 Å². The van der Waals surface area contributed by atoms with Gasteiger partial charge in [0.25, 0.3) is 5.56 Å². The number of hydrogen-bond donors (Lipinski definition) is 1. The van der Waals surface area contributed by atoms with Gasteiger partial charge in [0, 0.05) is 45.8 Å². The maximum Gasteiger partial charge on any atom is 0.273 e. The molecule has 2 fully saturated rings. The van der Waals surface area contributed by atoms with E-state index in [-0.39, 0.29) is 17.4 Å². The van der Waals surface area contributed by atoms with Crippen molar-refractivity contribution in [2.75, 3.05) is 36.0 Å². The summed E-state index contributed by atoms with van der Waals surface area (Å²) in [6, 6.07) is 9.45. The number of nitrogens with zero attached hydrogens (tertiary/aromatic N) is 3. The summed E-state index contributed by atoms with van der Waals surface area (Å²) in [5.41, 5.74) is 2.35. The van der Waals surface area contributed by atoms with Crippen molar-refractivity contribution in [3.05, 3.63) is 57.5 Å². The topological polar surface area (TPSA) is 74.7 Å². The quantitative estimate of drug-likeness (QED) is 0.776. The smallest absolute Gasteiger partial charge is 0.273 e. The second-order valence-corrected chi connectivity index (χ2v) is 7.85. The van der Waals surface area contributed by atoms with Gasteiger partial charge in [-0.05, 0) is 30.2 Å². The van der Waals surface area contributed by atoms with Gasteiger partial charge in [0.2, 0.25) is 11.8 Å². The second-order valence-electron chi connectivity index (χ2n) is 7.47. The average Bonchev–Trinajstić information content (AvgIpc) is 2.71. The summed E-state index contributed by atoms with van der Waals surface area (Å²) in [6.45, 7) is 2.85. The molecule has 1 N–H and O–H groups in total. The van der Waals surface area contributed by atoms with Crippen LogP contribution in [0.2, 0.25) is 5.02 Å². The van der Waals surface area contributed by atoms with Gasteiger partial charge in [0.1, 0.15) is 5.69 Å². The Morgan fingerprint density at radius 3 is 2.31 bits per heavy atom. The molecule has 0 radical (unpaired) electrons. The second kappa shape index (κ2) is 7.91. The number of piperazine rings is 1. The van der Waals surface area contributed by atoms with Crippen molar-refractivity contribution < 1.29 is 9.59 Å². The largest absolute Gasteiger partial charge is 0.367 e. The number of pyridine rings is 1. The van der Waals surface area contributed by atoms with Crippen LogP contribution in [0.3, 0.4) is 0 Å². The van der Waals surface area contributed by atoms with Crippen LogP contribution < -0.4 is 20.7 Å². The van der Waals surface area contributed by atoms with E-state index in [2.05, 4.69) is 15.1 Å². The number of carbonyl (C=O) groups excluding carboxylic acids is 2. The Hall–Kier alpha value is -2.80. The molecule has 7 nitrogen and oxygen atoms in total. The summed E-state index contributed by atoms with van der Waals surface area (Å²) < 4.78 is 1.59. The number of piperidine rings is 1. The van der Waals surface area contributed by atoms with Gasteiger partial charge in [-0.1, -0.05) is 23.7 Å². The van der Waals surface area contributed by atoms with Crippen LogP contribution in [0.4, 0.5) is 11.4 Å². The minimum atomic E-state index is -0.409. The first kappa shape index (κ1) is 19.5. The molecular weight excluding hydrogens is 392 g/mol. The third-order valence-electron chi connectivity index (χ3n) is 5.69. The first-order valence-electron chi connectivity index (χ1n) is 9.73.